The Labute approximate surface area is 97.3 Å². The summed E-state index contributed by atoms with van der Waals surface area (Å²) in [5, 5.41) is 9.28. The number of rotatable bonds is 3. The van der Waals surface area contributed by atoms with E-state index in [1.54, 1.807) is 12.3 Å². The fraction of sp³-hybridized carbons (Fsp3) is 0.273. The third-order valence-electron chi connectivity index (χ3n) is 2.47. The standard InChI is InChI=1S/C11H11ClN2O2/c1-6(2-11(15)16)8-4-9-10(14-8)3-7(12)5-13-9/h3-6,14H,2H2,1H3,(H,15,16). The van der Waals surface area contributed by atoms with E-state index in [2.05, 4.69) is 9.97 Å². The van der Waals surface area contributed by atoms with E-state index >= 15 is 0 Å². The van der Waals surface area contributed by atoms with Gasteiger partial charge in [-0.3, -0.25) is 9.78 Å². The predicted molar refractivity (Wildman–Crippen MR) is 61.8 cm³/mol. The van der Waals surface area contributed by atoms with Crippen molar-refractivity contribution in [2.75, 3.05) is 0 Å². The zero-order chi connectivity index (χ0) is 11.7. The van der Waals surface area contributed by atoms with Crippen LogP contribution in [0.4, 0.5) is 0 Å². The fourth-order valence-electron chi connectivity index (χ4n) is 1.64. The van der Waals surface area contributed by atoms with Crippen LogP contribution in [0.25, 0.3) is 11.0 Å². The van der Waals surface area contributed by atoms with Crippen molar-refractivity contribution >= 4 is 28.6 Å². The van der Waals surface area contributed by atoms with E-state index < -0.39 is 5.97 Å². The highest BCUT2D eigenvalue weighted by Crippen LogP contribution is 2.23. The number of hydrogen-bond acceptors (Lipinski definition) is 2. The Balaban J connectivity index is 2.35. The normalized spacial score (nSPS) is 12.9. The number of pyridine rings is 1. The third-order valence-corrected chi connectivity index (χ3v) is 2.67. The van der Waals surface area contributed by atoms with Gasteiger partial charge in [0.25, 0.3) is 0 Å². The summed E-state index contributed by atoms with van der Waals surface area (Å²) in [5.74, 6) is -0.873. The van der Waals surface area contributed by atoms with Crippen LogP contribution in [0.5, 0.6) is 0 Å². The number of hydrogen-bond donors (Lipinski definition) is 2. The SMILES string of the molecule is CC(CC(=O)O)c1cc2ncc(Cl)cc2[nH]1. The average molecular weight is 239 g/mol. The van der Waals surface area contributed by atoms with Gasteiger partial charge in [0.05, 0.1) is 22.5 Å². The molecule has 0 aromatic carbocycles. The fourth-order valence-corrected chi connectivity index (χ4v) is 1.80. The molecule has 2 heterocycles. The maximum absolute atomic E-state index is 10.6. The minimum absolute atomic E-state index is 0.0644. The van der Waals surface area contributed by atoms with Crippen LogP contribution in [0.3, 0.4) is 0 Å². The van der Waals surface area contributed by atoms with Gasteiger partial charge in [0.2, 0.25) is 0 Å². The highest BCUT2D eigenvalue weighted by molar-refractivity contribution is 6.31. The summed E-state index contributed by atoms with van der Waals surface area (Å²) in [7, 11) is 0. The van der Waals surface area contributed by atoms with Gasteiger partial charge in [0.1, 0.15) is 0 Å². The van der Waals surface area contributed by atoms with E-state index in [1.807, 2.05) is 13.0 Å². The second kappa shape index (κ2) is 4.14. The number of carboxylic acid groups (broad SMARTS) is 1. The van der Waals surface area contributed by atoms with Gasteiger partial charge in [0, 0.05) is 17.8 Å². The molecule has 4 nitrogen and oxygen atoms in total. The first-order valence-electron chi connectivity index (χ1n) is 4.92. The van der Waals surface area contributed by atoms with Crippen molar-refractivity contribution in [3.63, 3.8) is 0 Å². The van der Waals surface area contributed by atoms with Crippen LogP contribution in [0.1, 0.15) is 25.0 Å². The Morgan fingerprint density at radius 3 is 3.06 bits per heavy atom. The number of nitrogens with one attached hydrogen (secondary N) is 1. The van der Waals surface area contributed by atoms with Crippen LogP contribution < -0.4 is 0 Å². The summed E-state index contributed by atoms with van der Waals surface area (Å²) in [6.45, 7) is 1.86. The molecular weight excluding hydrogens is 228 g/mol. The summed E-state index contributed by atoms with van der Waals surface area (Å²) in [6, 6.07) is 3.64. The number of halogens is 1. The molecule has 0 bridgehead atoms. The molecular formula is C11H11ClN2O2. The van der Waals surface area contributed by atoms with E-state index in [-0.39, 0.29) is 12.3 Å². The topological polar surface area (TPSA) is 66.0 Å². The van der Waals surface area contributed by atoms with Crippen molar-refractivity contribution in [3.05, 3.63) is 29.0 Å². The van der Waals surface area contributed by atoms with Crippen molar-refractivity contribution in [1.82, 2.24) is 9.97 Å². The summed E-state index contributed by atoms with van der Waals surface area (Å²) in [6.07, 6.45) is 1.67. The van der Waals surface area contributed by atoms with Crippen LogP contribution in [-0.2, 0) is 4.79 Å². The molecule has 2 rings (SSSR count). The monoisotopic (exact) mass is 238 g/mol. The number of nitrogens with zero attached hydrogens (tertiary/aromatic N) is 1. The number of carbonyl (C=O) groups is 1. The number of fused-ring (bicyclic) bond motifs is 1. The Hall–Kier alpha value is -1.55. The molecule has 5 heteroatoms. The summed E-state index contributed by atoms with van der Waals surface area (Å²) < 4.78 is 0. The van der Waals surface area contributed by atoms with Gasteiger partial charge in [-0.25, -0.2) is 0 Å². The van der Waals surface area contributed by atoms with Crippen molar-refractivity contribution in [1.29, 1.82) is 0 Å². The number of aromatic nitrogens is 2. The molecule has 0 aliphatic rings. The second-order valence-corrected chi connectivity index (χ2v) is 4.25. The van der Waals surface area contributed by atoms with Crippen LogP contribution in [-0.4, -0.2) is 21.0 Å². The molecule has 0 aliphatic heterocycles. The molecule has 1 atom stereocenters. The first kappa shape index (κ1) is 11.0. The van der Waals surface area contributed by atoms with Gasteiger partial charge in [-0.15, -0.1) is 0 Å². The molecule has 0 radical (unpaired) electrons. The maximum atomic E-state index is 10.6. The predicted octanol–water partition coefficient (Wildman–Crippen LogP) is 2.79. The van der Waals surface area contributed by atoms with Gasteiger partial charge in [0.15, 0.2) is 0 Å². The lowest BCUT2D eigenvalue weighted by Gasteiger charge is -2.04. The lowest BCUT2D eigenvalue weighted by atomic mass is 10.0. The van der Waals surface area contributed by atoms with Crippen molar-refractivity contribution in [3.8, 4) is 0 Å². The summed E-state index contributed by atoms with van der Waals surface area (Å²) in [5.41, 5.74) is 2.50. The minimum Gasteiger partial charge on any atom is -0.481 e. The molecule has 0 spiro atoms. The van der Waals surface area contributed by atoms with Gasteiger partial charge in [-0.2, -0.15) is 0 Å². The zero-order valence-electron chi connectivity index (χ0n) is 8.70. The lowest BCUT2D eigenvalue weighted by molar-refractivity contribution is -0.137. The third kappa shape index (κ3) is 2.17. The van der Waals surface area contributed by atoms with E-state index in [1.165, 1.54) is 0 Å². The number of aliphatic carboxylic acids is 1. The van der Waals surface area contributed by atoms with Gasteiger partial charge < -0.3 is 10.1 Å². The molecule has 0 saturated carbocycles. The maximum Gasteiger partial charge on any atom is 0.304 e. The van der Waals surface area contributed by atoms with Crippen molar-refractivity contribution in [2.45, 2.75) is 19.3 Å². The smallest absolute Gasteiger partial charge is 0.304 e. The molecule has 1 unspecified atom stereocenters. The summed E-state index contributed by atoms with van der Waals surface area (Å²) in [4.78, 5) is 17.9. The number of carboxylic acids is 1. The van der Waals surface area contributed by atoms with Gasteiger partial charge in [-0.05, 0) is 12.1 Å². The lowest BCUT2D eigenvalue weighted by Crippen LogP contribution is -2.02. The minimum atomic E-state index is -0.808. The van der Waals surface area contributed by atoms with E-state index in [0.29, 0.717) is 5.02 Å². The van der Waals surface area contributed by atoms with Crippen LogP contribution >= 0.6 is 11.6 Å². The van der Waals surface area contributed by atoms with E-state index in [0.717, 1.165) is 16.7 Å². The Morgan fingerprint density at radius 2 is 2.38 bits per heavy atom. The molecule has 2 aromatic heterocycles. The number of H-pyrrole nitrogens is 1. The Kier molecular flexibility index (Phi) is 2.83. The highest BCUT2D eigenvalue weighted by Gasteiger charge is 2.13. The molecule has 84 valence electrons. The quantitative estimate of drug-likeness (QED) is 0.864. The van der Waals surface area contributed by atoms with Gasteiger partial charge in [-0.1, -0.05) is 18.5 Å². The molecule has 0 amide bonds. The Bertz CT molecular complexity index is 536. The summed E-state index contributed by atoms with van der Waals surface area (Å²) >= 11 is 5.82. The van der Waals surface area contributed by atoms with Crippen LogP contribution in [0.2, 0.25) is 5.02 Å². The molecule has 16 heavy (non-hydrogen) atoms. The molecule has 0 aliphatic carbocycles. The molecule has 2 aromatic rings. The first-order chi connectivity index (χ1) is 7.56. The largest absolute Gasteiger partial charge is 0.481 e. The molecule has 0 saturated heterocycles. The highest BCUT2D eigenvalue weighted by atomic mass is 35.5. The number of aromatic amines is 1. The molecule has 2 N–H and O–H groups in total. The van der Waals surface area contributed by atoms with E-state index in [4.69, 9.17) is 16.7 Å². The zero-order valence-corrected chi connectivity index (χ0v) is 9.45. The average Bonchev–Trinajstić information content (AvgIpc) is 2.59. The van der Waals surface area contributed by atoms with Crippen LogP contribution in [0.15, 0.2) is 18.3 Å². The van der Waals surface area contributed by atoms with Crippen LogP contribution in [0, 0.1) is 0 Å². The van der Waals surface area contributed by atoms with Crippen molar-refractivity contribution < 1.29 is 9.90 Å². The second-order valence-electron chi connectivity index (χ2n) is 3.81. The van der Waals surface area contributed by atoms with E-state index in [9.17, 15) is 4.79 Å². The first-order valence-corrected chi connectivity index (χ1v) is 5.30. The molecule has 0 fully saturated rings. The van der Waals surface area contributed by atoms with Crippen molar-refractivity contribution in [2.24, 2.45) is 0 Å². The van der Waals surface area contributed by atoms with Gasteiger partial charge >= 0.3 is 5.97 Å². The Morgan fingerprint density at radius 1 is 1.62 bits per heavy atom.